The molecule has 2 unspecified atom stereocenters. The summed E-state index contributed by atoms with van der Waals surface area (Å²) < 4.78 is 0. The smallest absolute Gasteiger partial charge is 0.846 e. The number of aliphatic imine (C=N–C) groups is 1. The second kappa shape index (κ2) is 9.88. The van der Waals surface area contributed by atoms with Gasteiger partial charge in [-0.05, 0) is 18.8 Å². The van der Waals surface area contributed by atoms with Crippen molar-refractivity contribution in [2.24, 2.45) is 16.3 Å². The molecule has 0 radical (unpaired) electrons. The molecule has 0 fully saturated rings. The van der Waals surface area contributed by atoms with Crippen molar-refractivity contribution in [1.29, 1.82) is 0 Å². The molecular weight excluding hydrogens is 325 g/mol. The Bertz CT molecular complexity index is 352. The summed E-state index contributed by atoms with van der Waals surface area (Å²) in [5.41, 5.74) is -1.15. The van der Waals surface area contributed by atoms with E-state index in [0.717, 1.165) is 12.8 Å². The van der Waals surface area contributed by atoms with Crippen LogP contribution < -0.4 is 46.1 Å². The summed E-state index contributed by atoms with van der Waals surface area (Å²) in [4.78, 5) is 27.1. The molecule has 1 aliphatic heterocycles. The molecule has 19 heavy (non-hydrogen) atoms. The number of hydrogen-bond acceptors (Lipinski definition) is 4. The maximum absolute atomic E-state index is 11.9. The molecule has 2 amide bonds. The van der Waals surface area contributed by atoms with Crippen molar-refractivity contribution in [3.63, 3.8) is 0 Å². The predicted molar refractivity (Wildman–Crippen MR) is 72.7 cm³/mol. The van der Waals surface area contributed by atoms with E-state index in [0.29, 0.717) is 6.42 Å². The minimum absolute atomic E-state index is 0. The van der Waals surface area contributed by atoms with Crippen LogP contribution in [0.3, 0.4) is 0 Å². The van der Waals surface area contributed by atoms with Gasteiger partial charge in [-0.2, -0.15) is 0 Å². The molecule has 0 aromatic heterocycles. The minimum Gasteiger partial charge on any atom is -0.846 e. The summed E-state index contributed by atoms with van der Waals surface area (Å²) in [6.45, 7) is 5.62. The van der Waals surface area contributed by atoms with Crippen molar-refractivity contribution in [2.45, 2.75) is 40.0 Å². The number of amides is 2. The second-order valence-corrected chi connectivity index (χ2v) is 4.19. The van der Waals surface area contributed by atoms with Crippen LogP contribution in [0.25, 0.3) is 0 Å². The third-order valence-corrected chi connectivity index (χ3v) is 3.33. The number of carbonyl (C=O) groups is 2. The Morgan fingerprint density at radius 2 is 1.89 bits per heavy atom. The van der Waals surface area contributed by atoms with Gasteiger partial charge >= 0.3 is 29.6 Å². The monoisotopic (exact) mass is 345 g/mol. The van der Waals surface area contributed by atoms with Crippen LogP contribution in [-0.2, 0) is 9.59 Å². The van der Waals surface area contributed by atoms with Crippen LogP contribution in [-0.4, -0.2) is 17.8 Å². The molecule has 8 heteroatoms. The molecule has 0 aromatic carbocycles. The van der Waals surface area contributed by atoms with Gasteiger partial charge in [0.15, 0.2) is 0 Å². The van der Waals surface area contributed by atoms with Crippen LogP contribution in [0.15, 0.2) is 4.99 Å². The maximum Gasteiger partial charge on any atom is 1.00 e. The zero-order valence-corrected chi connectivity index (χ0v) is 15.7. The van der Waals surface area contributed by atoms with E-state index >= 15 is 0 Å². The zero-order chi connectivity index (χ0) is 12.3. The van der Waals surface area contributed by atoms with Crippen LogP contribution in [0.4, 0.5) is 0 Å². The van der Waals surface area contributed by atoms with Crippen molar-refractivity contribution in [3.8, 4) is 0 Å². The van der Waals surface area contributed by atoms with Crippen LogP contribution in [0.1, 0.15) is 40.0 Å². The van der Waals surface area contributed by atoms with E-state index in [4.69, 9.17) is 0 Å². The first kappa shape index (κ1) is 24.1. The molecule has 1 aliphatic rings. The molecular formula is C11H21BrN3NaO3. The van der Waals surface area contributed by atoms with Crippen molar-refractivity contribution in [3.05, 3.63) is 0 Å². The summed E-state index contributed by atoms with van der Waals surface area (Å²) in [6, 6.07) is -0.845. The Kier molecular flexibility index (Phi) is 12.5. The van der Waals surface area contributed by atoms with Gasteiger partial charge in [0.25, 0.3) is 5.91 Å². The van der Waals surface area contributed by atoms with Gasteiger partial charge in [0.1, 0.15) is 5.41 Å². The fourth-order valence-corrected chi connectivity index (χ4v) is 2.30. The van der Waals surface area contributed by atoms with Gasteiger partial charge in [0.2, 0.25) is 5.91 Å². The SMILES string of the molecule is Br.CCCC(C)C1(CC)C(=O)N=C([O-])NC1=O.N.[Na+]. The summed E-state index contributed by atoms with van der Waals surface area (Å²) in [7, 11) is 0. The van der Waals surface area contributed by atoms with Gasteiger partial charge in [-0.1, -0.05) is 27.2 Å². The molecule has 0 saturated heterocycles. The third-order valence-electron chi connectivity index (χ3n) is 3.33. The molecule has 0 aromatic rings. The number of rotatable bonds is 4. The molecule has 2 atom stereocenters. The molecule has 0 saturated carbocycles. The molecule has 106 valence electrons. The number of halogens is 1. The molecule has 1 rings (SSSR count). The average molecular weight is 346 g/mol. The van der Waals surface area contributed by atoms with E-state index in [1.807, 2.05) is 13.8 Å². The maximum atomic E-state index is 11.9. The molecule has 0 spiro atoms. The van der Waals surface area contributed by atoms with E-state index in [1.54, 1.807) is 6.92 Å². The first-order valence-electron chi connectivity index (χ1n) is 5.60. The summed E-state index contributed by atoms with van der Waals surface area (Å²) >= 11 is 0. The van der Waals surface area contributed by atoms with E-state index < -0.39 is 23.3 Å². The van der Waals surface area contributed by atoms with Crippen LogP contribution in [0.5, 0.6) is 0 Å². The van der Waals surface area contributed by atoms with Gasteiger partial charge in [0.05, 0.1) is 6.02 Å². The van der Waals surface area contributed by atoms with Gasteiger partial charge in [-0.3, -0.25) is 9.59 Å². The van der Waals surface area contributed by atoms with Crippen molar-refractivity contribution in [2.75, 3.05) is 0 Å². The number of nitrogens with zero attached hydrogens (tertiary/aromatic N) is 1. The van der Waals surface area contributed by atoms with Crippen LogP contribution in [0, 0.1) is 11.3 Å². The Balaban J connectivity index is -0.000000853. The second-order valence-electron chi connectivity index (χ2n) is 4.19. The molecule has 6 nitrogen and oxygen atoms in total. The van der Waals surface area contributed by atoms with Crippen molar-refractivity contribution >= 4 is 34.8 Å². The number of amidine groups is 1. The quantitative estimate of drug-likeness (QED) is 0.449. The number of carbonyl (C=O) groups excluding carboxylic acids is 2. The summed E-state index contributed by atoms with van der Waals surface area (Å²) in [5.74, 6) is -1.20. The van der Waals surface area contributed by atoms with E-state index in [1.165, 1.54) is 0 Å². The van der Waals surface area contributed by atoms with Gasteiger partial charge in [0, 0.05) is 0 Å². The zero-order valence-electron chi connectivity index (χ0n) is 12.0. The Morgan fingerprint density at radius 1 is 1.37 bits per heavy atom. The standard InChI is InChI=1S/C11H18N2O3.BrH.H3N.Na/c1-4-6-7(3)11(5-2)8(14)12-10(16)13-9(11)15;;;/h7H,4-6H2,1-3H3,(H2,12,13,14,15,16);1H;1H3;/q;;;+1/p-1. The Labute approximate surface area is 146 Å². The molecule has 0 aliphatic carbocycles. The number of hydrogen-bond donors (Lipinski definition) is 2. The topological polar surface area (TPSA) is 117 Å². The van der Waals surface area contributed by atoms with Crippen LogP contribution >= 0.6 is 17.0 Å². The Hall–Kier alpha value is 0.0500. The largest absolute Gasteiger partial charge is 1.00 e. The first-order chi connectivity index (χ1) is 7.48. The van der Waals surface area contributed by atoms with E-state index in [2.05, 4.69) is 10.3 Å². The first-order valence-corrected chi connectivity index (χ1v) is 5.60. The van der Waals surface area contributed by atoms with E-state index in [-0.39, 0.29) is 58.6 Å². The fourth-order valence-electron chi connectivity index (χ4n) is 2.30. The fraction of sp³-hybridized carbons (Fsp3) is 0.727. The Morgan fingerprint density at radius 3 is 2.26 bits per heavy atom. The summed E-state index contributed by atoms with van der Waals surface area (Å²) in [6.07, 6.45) is 2.02. The van der Waals surface area contributed by atoms with Gasteiger partial charge < -0.3 is 16.6 Å². The summed E-state index contributed by atoms with van der Waals surface area (Å²) in [5, 5.41) is 13.1. The molecule has 0 bridgehead atoms. The van der Waals surface area contributed by atoms with Crippen molar-refractivity contribution < 1.29 is 44.3 Å². The van der Waals surface area contributed by atoms with Crippen molar-refractivity contribution in [1.82, 2.24) is 11.5 Å². The van der Waals surface area contributed by atoms with Gasteiger partial charge in [-0.15, -0.1) is 17.0 Å². The average Bonchev–Trinajstić information content (AvgIpc) is 2.18. The third kappa shape index (κ3) is 4.53. The van der Waals surface area contributed by atoms with Crippen LogP contribution in [0.2, 0.25) is 0 Å². The normalized spacial score (nSPS) is 23.0. The number of nitrogens with one attached hydrogen (secondary N) is 1. The van der Waals surface area contributed by atoms with E-state index in [9.17, 15) is 14.7 Å². The minimum atomic E-state index is -1.15. The predicted octanol–water partition coefficient (Wildman–Crippen LogP) is -2.06. The molecule has 4 N–H and O–H groups in total. The van der Waals surface area contributed by atoms with Gasteiger partial charge in [-0.25, -0.2) is 4.99 Å². The molecule has 1 heterocycles.